The first-order valence-corrected chi connectivity index (χ1v) is 7.90. The molecule has 1 aliphatic heterocycles. The Morgan fingerprint density at radius 3 is 2.95 bits per heavy atom. The molecular formula is C15H22Cl2N2O. The van der Waals surface area contributed by atoms with Gasteiger partial charge in [0.05, 0.1) is 10.0 Å². The molecule has 5 heteroatoms. The lowest BCUT2D eigenvalue weighted by Gasteiger charge is -2.20. The van der Waals surface area contributed by atoms with Gasteiger partial charge in [0.1, 0.15) is 0 Å². The van der Waals surface area contributed by atoms with E-state index in [0.29, 0.717) is 16.0 Å². The summed E-state index contributed by atoms with van der Waals surface area (Å²) in [5.41, 5.74) is 7.15. The van der Waals surface area contributed by atoms with Crippen LogP contribution < -0.4 is 5.73 Å². The van der Waals surface area contributed by atoms with Crippen molar-refractivity contribution in [3.8, 4) is 0 Å². The fraction of sp³-hybridized carbons (Fsp3) is 0.600. The highest BCUT2D eigenvalue weighted by molar-refractivity contribution is 6.42. The lowest BCUT2D eigenvalue weighted by atomic mass is 10.0. The molecule has 112 valence electrons. The minimum Gasteiger partial charge on any atom is -0.396 e. The van der Waals surface area contributed by atoms with Crippen LogP contribution in [-0.4, -0.2) is 36.2 Å². The summed E-state index contributed by atoms with van der Waals surface area (Å²) in [6.45, 7) is 3.42. The van der Waals surface area contributed by atoms with Crippen molar-refractivity contribution in [2.24, 2.45) is 11.7 Å². The molecule has 0 saturated carbocycles. The monoisotopic (exact) mass is 316 g/mol. The maximum Gasteiger partial charge on any atom is 0.0640 e. The third kappa shape index (κ3) is 4.09. The highest BCUT2D eigenvalue weighted by atomic mass is 35.5. The van der Waals surface area contributed by atoms with Crippen LogP contribution in [0.15, 0.2) is 18.2 Å². The highest BCUT2D eigenvalue weighted by Crippen LogP contribution is 2.30. The first-order chi connectivity index (χ1) is 9.61. The molecule has 2 unspecified atom stereocenters. The molecule has 1 aliphatic rings. The number of nitrogens with zero attached hydrogens (tertiary/aromatic N) is 1. The number of likely N-dealkylation sites (tertiary alicyclic amines) is 1. The van der Waals surface area contributed by atoms with E-state index in [-0.39, 0.29) is 12.6 Å². The van der Waals surface area contributed by atoms with Gasteiger partial charge in [-0.3, -0.25) is 0 Å². The van der Waals surface area contributed by atoms with Gasteiger partial charge in [0.2, 0.25) is 0 Å². The Bertz CT molecular complexity index is 442. The van der Waals surface area contributed by atoms with E-state index in [9.17, 15) is 0 Å². The molecule has 1 fully saturated rings. The third-order valence-electron chi connectivity index (χ3n) is 4.04. The summed E-state index contributed by atoms with van der Waals surface area (Å²) in [6.07, 6.45) is 2.95. The third-order valence-corrected chi connectivity index (χ3v) is 4.88. The zero-order valence-electron chi connectivity index (χ0n) is 11.6. The van der Waals surface area contributed by atoms with E-state index in [4.69, 9.17) is 34.0 Å². The van der Waals surface area contributed by atoms with E-state index in [0.717, 1.165) is 38.0 Å². The smallest absolute Gasteiger partial charge is 0.0640 e. The van der Waals surface area contributed by atoms with Gasteiger partial charge in [-0.25, -0.2) is 0 Å². The average Bonchev–Trinajstić information content (AvgIpc) is 2.87. The second kappa shape index (κ2) is 7.62. The van der Waals surface area contributed by atoms with Crippen LogP contribution in [0.2, 0.25) is 10.0 Å². The predicted molar refractivity (Wildman–Crippen MR) is 84.3 cm³/mol. The minimum absolute atomic E-state index is 0.0851. The summed E-state index contributed by atoms with van der Waals surface area (Å²) in [6, 6.07) is 5.52. The molecule has 1 saturated heterocycles. The Labute approximate surface area is 130 Å². The number of hydrogen-bond donors (Lipinski definition) is 2. The second-order valence-corrected chi connectivity index (χ2v) is 6.29. The molecule has 0 amide bonds. The number of rotatable bonds is 6. The standard InChI is InChI=1S/C15H22Cl2N2O/c16-13-3-1-2-12(15(13)17)14(18)5-8-19-7-4-11(10-19)6-9-20/h1-3,11,14,20H,4-10,18H2. The van der Waals surface area contributed by atoms with Gasteiger partial charge in [-0.1, -0.05) is 35.3 Å². The Morgan fingerprint density at radius 1 is 1.40 bits per heavy atom. The summed E-state index contributed by atoms with van der Waals surface area (Å²) >= 11 is 12.2. The van der Waals surface area contributed by atoms with Crippen molar-refractivity contribution < 1.29 is 5.11 Å². The molecule has 1 aromatic carbocycles. The van der Waals surface area contributed by atoms with Crippen LogP contribution in [0.4, 0.5) is 0 Å². The zero-order valence-corrected chi connectivity index (χ0v) is 13.1. The van der Waals surface area contributed by atoms with Crippen molar-refractivity contribution in [3.05, 3.63) is 33.8 Å². The molecule has 3 N–H and O–H groups in total. The fourth-order valence-electron chi connectivity index (χ4n) is 2.82. The van der Waals surface area contributed by atoms with Crippen molar-refractivity contribution in [1.82, 2.24) is 4.90 Å². The maximum atomic E-state index is 8.97. The van der Waals surface area contributed by atoms with E-state index in [1.807, 2.05) is 12.1 Å². The summed E-state index contributed by atoms with van der Waals surface area (Å²) < 4.78 is 0. The van der Waals surface area contributed by atoms with Crippen LogP contribution in [-0.2, 0) is 0 Å². The molecule has 2 rings (SSSR count). The van der Waals surface area contributed by atoms with Crippen LogP contribution >= 0.6 is 23.2 Å². The SMILES string of the molecule is NC(CCN1CCC(CCO)C1)c1cccc(Cl)c1Cl. The van der Waals surface area contributed by atoms with Crippen LogP contribution in [0.25, 0.3) is 0 Å². The van der Waals surface area contributed by atoms with E-state index in [1.165, 1.54) is 6.42 Å². The molecule has 0 bridgehead atoms. The molecule has 0 aromatic heterocycles. The number of aliphatic hydroxyl groups excluding tert-OH is 1. The Morgan fingerprint density at radius 2 is 2.20 bits per heavy atom. The Kier molecular flexibility index (Phi) is 6.12. The zero-order chi connectivity index (χ0) is 14.5. The lowest BCUT2D eigenvalue weighted by molar-refractivity contribution is 0.249. The van der Waals surface area contributed by atoms with Crippen molar-refractivity contribution in [1.29, 1.82) is 0 Å². The molecule has 0 radical (unpaired) electrons. The molecule has 2 atom stereocenters. The van der Waals surface area contributed by atoms with Crippen LogP contribution in [0.5, 0.6) is 0 Å². The summed E-state index contributed by atoms with van der Waals surface area (Å²) in [5, 5.41) is 10.1. The number of hydrogen-bond acceptors (Lipinski definition) is 3. The molecule has 1 heterocycles. The molecule has 0 aliphatic carbocycles. The van der Waals surface area contributed by atoms with Gasteiger partial charge < -0.3 is 15.7 Å². The molecule has 20 heavy (non-hydrogen) atoms. The Hall–Kier alpha value is -0.320. The summed E-state index contributed by atoms with van der Waals surface area (Å²) in [5.74, 6) is 0.631. The van der Waals surface area contributed by atoms with Gasteiger partial charge in [-0.05, 0) is 49.9 Å². The fourth-order valence-corrected chi connectivity index (χ4v) is 3.27. The number of aliphatic hydroxyl groups is 1. The first kappa shape index (κ1) is 16.1. The number of halogens is 2. The predicted octanol–water partition coefficient (Wildman–Crippen LogP) is 3.09. The molecule has 0 spiro atoms. The van der Waals surface area contributed by atoms with E-state index in [2.05, 4.69) is 4.90 Å². The van der Waals surface area contributed by atoms with E-state index < -0.39 is 0 Å². The van der Waals surface area contributed by atoms with E-state index in [1.54, 1.807) is 6.07 Å². The van der Waals surface area contributed by atoms with Gasteiger partial charge in [0, 0.05) is 19.2 Å². The minimum atomic E-state index is -0.0851. The highest BCUT2D eigenvalue weighted by Gasteiger charge is 2.22. The van der Waals surface area contributed by atoms with Gasteiger partial charge in [-0.2, -0.15) is 0 Å². The van der Waals surface area contributed by atoms with Crippen molar-refractivity contribution in [3.63, 3.8) is 0 Å². The van der Waals surface area contributed by atoms with Gasteiger partial charge >= 0.3 is 0 Å². The van der Waals surface area contributed by atoms with Gasteiger partial charge in [0.25, 0.3) is 0 Å². The van der Waals surface area contributed by atoms with E-state index >= 15 is 0 Å². The van der Waals surface area contributed by atoms with Crippen molar-refractivity contribution >= 4 is 23.2 Å². The molecular weight excluding hydrogens is 295 g/mol. The normalized spacial score (nSPS) is 21.3. The van der Waals surface area contributed by atoms with Crippen molar-refractivity contribution in [2.45, 2.75) is 25.3 Å². The molecule has 3 nitrogen and oxygen atoms in total. The topological polar surface area (TPSA) is 49.5 Å². The lowest BCUT2D eigenvalue weighted by Crippen LogP contribution is -2.25. The average molecular weight is 317 g/mol. The maximum absolute atomic E-state index is 8.97. The van der Waals surface area contributed by atoms with Crippen molar-refractivity contribution in [2.75, 3.05) is 26.2 Å². The number of benzene rings is 1. The Balaban J connectivity index is 1.84. The molecule has 1 aromatic rings. The van der Waals surface area contributed by atoms with Crippen LogP contribution in [0.1, 0.15) is 30.9 Å². The quantitative estimate of drug-likeness (QED) is 0.848. The first-order valence-electron chi connectivity index (χ1n) is 7.14. The summed E-state index contributed by atoms with van der Waals surface area (Å²) in [7, 11) is 0. The van der Waals surface area contributed by atoms with Gasteiger partial charge in [-0.15, -0.1) is 0 Å². The largest absolute Gasteiger partial charge is 0.396 e. The summed E-state index contributed by atoms with van der Waals surface area (Å²) in [4.78, 5) is 2.42. The number of nitrogens with two attached hydrogens (primary N) is 1. The van der Waals surface area contributed by atoms with Gasteiger partial charge in [0.15, 0.2) is 0 Å². The van der Waals surface area contributed by atoms with Crippen LogP contribution in [0, 0.1) is 5.92 Å². The second-order valence-electron chi connectivity index (χ2n) is 5.51. The van der Waals surface area contributed by atoms with Crippen LogP contribution in [0.3, 0.4) is 0 Å².